The number of hydrogen-bond donors (Lipinski definition) is 1. The second-order valence-electron chi connectivity index (χ2n) is 9.77. The summed E-state index contributed by atoms with van der Waals surface area (Å²) in [4.78, 5) is 43.2. The van der Waals surface area contributed by atoms with Crippen molar-refractivity contribution in [3.8, 4) is 0 Å². The molecule has 31 heavy (non-hydrogen) atoms. The van der Waals surface area contributed by atoms with Crippen LogP contribution in [0.1, 0.15) is 81.8 Å². The average molecular weight is 424 g/mol. The van der Waals surface area contributed by atoms with E-state index in [1.165, 1.54) is 17.7 Å². The van der Waals surface area contributed by atoms with Crippen molar-refractivity contribution in [2.75, 3.05) is 6.54 Å². The van der Waals surface area contributed by atoms with E-state index in [0.29, 0.717) is 6.42 Å². The lowest BCUT2D eigenvalue weighted by molar-refractivity contribution is -0.143. The molecule has 0 aromatic heterocycles. The van der Waals surface area contributed by atoms with E-state index in [1.54, 1.807) is 0 Å². The molecule has 0 bridgehead atoms. The summed E-state index contributed by atoms with van der Waals surface area (Å²) in [5.41, 5.74) is 1.00. The van der Waals surface area contributed by atoms with Crippen LogP contribution >= 0.6 is 0 Å². The Kier molecular flexibility index (Phi) is 5.49. The summed E-state index contributed by atoms with van der Waals surface area (Å²) in [7, 11) is 0. The minimum Gasteiger partial charge on any atom is -0.335 e. The SMILES string of the molecule is O=C1N[C@]2(CCc3ccccc32)C(=O)N1CC(=O)N(C1CCCCC1)C1CCCCC1. The van der Waals surface area contributed by atoms with Gasteiger partial charge in [0.2, 0.25) is 5.91 Å². The molecule has 5 rings (SSSR count). The molecular formula is C25H33N3O3. The second kappa shape index (κ2) is 8.29. The van der Waals surface area contributed by atoms with Gasteiger partial charge < -0.3 is 10.2 Å². The maximum atomic E-state index is 13.6. The van der Waals surface area contributed by atoms with Gasteiger partial charge in [0.1, 0.15) is 12.1 Å². The van der Waals surface area contributed by atoms with Crippen molar-refractivity contribution < 1.29 is 14.4 Å². The minimum atomic E-state index is -0.992. The Morgan fingerprint density at radius 2 is 1.58 bits per heavy atom. The van der Waals surface area contributed by atoms with E-state index in [2.05, 4.69) is 10.2 Å². The van der Waals surface area contributed by atoms with E-state index in [-0.39, 0.29) is 30.4 Å². The smallest absolute Gasteiger partial charge is 0.325 e. The van der Waals surface area contributed by atoms with Crippen molar-refractivity contribution >= 4 is 17.8 Å². The highest BCUT2D eigenvalue weighted by Gasteiger charge is 2.55. The Labute approximate surface area is 184 Å². The molecule has 4 amide bonds. The zero-order valence-corrected chi connectivity index (χ0v) is 18.3. The fourth-order valence-corrected chi connectivity index (χ4v) is 6.37. The highest BCUT2D eigenvalue weighted by Crippen LogP contribution is 2.41. The fraction of sp³-hybridized carbons (Fsp3) is 0.640. The van der Waals surface area contributed by atoms with Gasteiger partial charge in [-0.15, -0.1) is 0 Å². The number of urea groups is 1. The van der Waals surface area contributed by atoms with E-state index in [1.807, 2.05) is 24.3 Å². The lowest BCUT2D eigenvalue weighted by atomic mass is 9.88. The Hall–Kier alpha value is -2.37. The number of aryl methyl sites for hydroxylation is 1. The minimum absolute atomic E-state index is 0.0503. The van der Waals surface area contributed by atoms with Gasteiger partial charge >= 0.3 is 6.03 Å². The van der Waals surface area contributed by atoms with Gasteiger partial charge in [0, 0.05) is 12.1 Å². The van der Waals surface area contributed by atoms with Crippen LogP contribution in [0.5, 0.6) is 0 Å². The van der Waals surface area contributed by atoms with Crippen molar-refractivity contribution in [2.24, 2.45) is 0 Å². The molecule has 3 fully saturated rings. The number of hydrogen-bond acceptors (Lipinski definition) is 3. The predicted octanol–water partition coefficient (Wildman–Crippen LogP) is 3.87. The Balaban J connectivity index is 1.37. The third-order valence-electron chi connectivity index (χ3n) is 7.94. The number of nitrogens with one attached hydrogen (secondary N) is 1. The van der Waals surface area contributed by atoms with Gasteiger partial charge in [-0.25, -0.2) is 4.79 Å². The maximum Gasteiger partial charge on any atom is 0.325 e. The zero-order chi connectivity index (χ0) is 21.4. The highest BCUT2D eigenvalue weighted by molar-refractivity contribution is 6.10. The van der Waals surface area contributed by atoms with Crippen LogP contribution in [-0.2, 0) is 21.5 Å². The van der Waals surface area contributed by atoms with Crippen molar-refractivity contribution in [1.29, 1.82) is 0 Å². The molecule has 3 aliphatic carbocycles. The normalized spacial score (nSPS) is 26.9. The van der Waals surface area contributed by atoms with Crippen molar-refractivity contribution in [2.45, 2.75) is 94.7 Å². The van der Waals surface area contributed by atoms with E-state index < -0.39 is 11.6 Å². The highest BCUT2D eigenvalue weighted by atomic mass is 16.2. The van der Waals surface area contributed by atoms with Crippen LogP contribution in [0.15, 0.2) is 24.3 Å². The largest absolute Gasteiger partial charge is 0.335 e. The Morgan fingerprint density at radius 3 is 2.23 bits per heavy atom. The van der Waals surface area contributed by atoms with E-state index in [0.717, 1.165) is 68.9 Å². The van der Waals surface area contributed by atoms with E-state index in [4.69, 9.17) is 0 Å². The molecule has 166 valence electrons. The fourth-order valence-electron chi connectivity index (χ4n) is 6.37. The van der Waals surface area contributed by atoms with Crippen molar-refractivity contribution in [1.82, 2.24) is 15.1 Å². The first-order valence-electron chi connectivity index (χ1n) is 12.1. The molecule has 2 saturated carbocycles. The number of benzene rings is 1. The molecule has 1 aromatic rings. The quantitative estimate of drug-likeness (QED) is 0.748. The van der Waals surface area contributed by atoms with Gasteiger partial charge in [0.15, 0.2) is 0 Å². The summed E-state index contributed by atoms with van der Waals surface area (Å²) in [6.07, 6.45) is 12.6. The number of carbonyl (C=O) groups is 3. The van der Waals surface area contributed by atoms with Gasteiger partial charge in [0.05, 0.1) is 0 Å². The maximum absolute atomic E-state index is 13.6. The summed E-state index contributed by atoms with van der Waals surface area (Å²) >= 11 is 0. The molecule has 1 N–H and O–H groups in total. The average Bonchev–Trinajstić information content (AvgIpc) is 3.29. The van der Waals surface area contributed by atoms with Gasteiger partial charge in [-0.05, 0) is 49.7 Å². The summed E-state index contributed by atoms with van der Waals surface area (Å²) in [6, 6.07) is 7.91. The monoisotopic (exact) mass is 423 g/mol. The van der Waals surface area contributed by atoms with Gasteiger partial charge in [0.25, 0.3) is 5.91 Å². The number of amides is 4. The first-order valence-corrected chi connectivity index (χ1v) is 12.1. The van der Waals surface area contributed by atoms with Crippen LogP contribution in [0.2, 0.25) is 0 Å². The summed E-state index contributed by atoms with van der Waals surface area (Å²) in [5.74, 6) is -0.311. The summed E-state index contributed by atoms with van der Waals surface area (Å²) in [6.45, 7) is -0.137. The molecule has 6 heteroatoms. The number of imide groups is 1. The van der Waals surface area contributed by atoms with Crippen LogP contribution in [0.4, 0.5) is 4.79 Å². The molecule has 0 unspecified atom stereocenters. The molecule has 1 atom stereocenters. The van der Waals surface area contributed by atoms with Gasteiger partial charge in [-0.3, -0.25) is 14.5 Å². The zero-order valence-electron chi connectivity index (χ0n) is 18.3. The topological polar surface area (TPSA) is 69.7 Å². The third kappa shape index (κ3) is 3.54. The molecule has 1 heterocycles. The van der Waals surface area contributed by atoms with E-state index in [9.17, 15) is 14.4 Å². The third-order valence-corrected chi connectivity index (χ3v) is 7.94. The van der Waals surface area contributed by atoms with Gasteiger partial charge in [-0.2, -0.15) is 0 Å². The standard InChI is InChI=1S/C25H33N3O3/c29-22(28(19-10-3-1-4-11-19)20-12-5-2-6-13-20)17-27-23(30)25(26-24(27)31)16-15-18-9-7-8-14-21(18)25/h7-9,14,19-20H,1-6,10-13,15-17H2,(H,26,31)/t25-/m0/s1. The number of carbonyl (C=O) groups excluding carboxylic acids is 3. The molecule has 1 aromatic carbocycles. The Morgan fingerprint density at radius 1 is 0.968 bits per heavy atom. The van der Waals surface area contributed by atoms with Crippen LogP contribution < -0.4 is 5.32 Å². The Bertz CT molecular complexity index is 855. The first-order chi connectivity index (χ1) is 15.1. The second-order valence-corrected chi connectivity index (χ2v) is 9.77. The first kappa shape index (κ1) is 20.5. The molecular weight excluding hydrogens is 390 g/mol. The molecule has 1 aliphatic heterocycles. The molecule has 1 spiro atoms. The summed E-state index contributed by atoms with van der Waals surface area (Å²) < 4.78 is 0. The van der Waals surface area contributed by atoms with Crippen molar-refractivity contribution in [3.63, 3.8) is 0 Å². The number of nitrogens with zero attached hydrogens (tertiary/aromatic N) is 2. The number of fused-ring (bicyclic) bond motifs is 2. The molecule has 6 nitrogen and oxygen atoms in total. The number of rotatable bonds is 4. The van der Waals surface area contributed by atoms with Gasteiger partial charge in [-0.1, -0.05) is 62.8 Å². The molecule has 4 aliphatic rings. The predicted molar refractivity (Wildman–Crippen MR) is 117 cm³/mol. The van der Waals surface area contributed by atoms with Crippen LogP contribution in [0.25, 0.3) is 0 Å². The van der Waals surface area contributed by atoms with E-state index >= 15 is 0 Å². The summed E-state index contributed by atoms with van der Waals surface area (Å²) in [5, 5.41) is 2.96. The lowest BCUT2D eigenvalue weighted by Crippen LogP contribution is -2.53. The molecule has 1 saturated heterocycles. The lowest BCUT2D eigenvalue weighted by Gasteiger charge is -2.42. The molecule has 0 radical (unpaired) electrons. The van der Waals surface area contributed by atoms with Crippen LogP contribution in [0.3, 0.4) is 0 Å². The van der Waals surface area contributed by atoms with Crippen LogP contribution in [-0.4, -0.2) is 46.3 Å². The van der Waals surface area contributed by atoms with Crippen molar-refractivity contribution in [3.05, 3.63) is 35.4 Å². The van der Waals surface area contributed by atoms with Crippen LogP contribution in [0, 0.1) is 0 Å².